The minimum atomic E-state index is -0.727. The van der Waals surface area contributed by atoms with E-state index < -0.39 is 11.9 Å². The maximum atomic E-state index is 13.0. The number of rotatable bonds is 20. The molecule has 66 heavy (non-hydrogen) atoms. The Balaban J connectivity index is 0.711. The van der Waals surface area contributed by atoms with Gasteiger partial charge in [0.1, 0.15) is 11.1 Å². The van der Waals surface area contributed by atoms with Crippen molar-refractivity contribution in [3.8, 4) is 0 Å². The third kappa shape index (κ3) is 12.3. The number of fused-ring (bicyclic) bond motifs is 1. The van der Waals surface area contributed by atoms with Gasteiger partial charge in [-0.2, -0.15) is 4.98 Å². The molecule has 7 amide bonds. The minimum Gasteiger partial charge on any atom is -0.378 e. The number of amides is 7. The molecule has 20 nitrogen and oxygen atoms in total. The van der Waals surface area contributed by atoms with E-state index in [9.17, 15) is 28.8 Å². The van der Waals surface area contributed by atoms with Crippen LogP contribution in [-0.4, -0.2) is 141 Å². The average Bonchev–Trinajstić information content (AvgIpc) is 3.66. The van der Waals surface area contributed by atoms with E-state index in [0.29, 0.717) is 117 Å². The van der Waals surface area contributed by atoms with E-state index in [1.807, 2.05) is 30.3 Å². The summed E-state index contributed by atoms with van der Waals surface area (Å²) in [6, 6.07) is 19.1. The molecule has 4 aromatic rings. The highest BCUT2D eigenvalue weighted by molar-refractivity contribution is 6.33. The number of carbonyl (C=O) groups excluding carboxylic acids is 6. The Labute approximate surface area is 386 Å². The van der Waals surface area contributed by atoms with Crippen LogP contribution in [0, 0.1) is 0 Å². The summed E-state index contributed by atoms with van der Waals surface area (Å²) >= 11 is 6.38. The summed E-state index contributed by atoms with van der Waals surface area (Å²) in [5.41, 5.74) is 4.42. The molecule has 7 rings (SSSR count). The Bertz CT molecular complexity index is 2400. The van der Waals surface area contributed by atoms with E-state index in [4.69, 9.17) is 21.1 Å². The standard InChI is InChI=1S/C45H53ClN12O8/c1-47-41(61)32-5-2-3-7-35(32)53-40-34(46)27-50-44(55-40)51-29-9-11-30(12-10-29)56-19-21-57(22-20-56)45(64)49-18-24-66-26-25-65-23-17-48-16-15-39(60)52-36-8-4-6-31-33(36)28-58(43(31)63)37-13-14-38(59)54-42(37)62/h2-12,27,37,48H,13-26,28H2,1H3,(H,47,61)(H,49,64)(H,52,60)(H,54,59,62)(H2,50,51,53,55). The van der Waals surface area contributed by atoms with Gasteiger partial charge >= 0.3 is 6.03 Å². The van der Waals surface area contributed by atoms with E-state index in [2.05, 4.69) is 52.1 Å². The Morgan fingerprint density at radius 2 is 1.59 bits per heavy atom. The quantitative estimate of drug-likeness (QED) is 0.0498. The molecule has 1 aromatic heterocycles. The maximum absolute atomic E-state index is 13.0. The Hall–Kier alpha value is -6.87. The van der Waals surface area contributed by atoms with Crippen molar-refractivity contribution in [2.75, 3.05) is 100 Å². The van der Waals surface area contributed by atoms with E-state index in [1.54, 1.807) is 48.3 Å². The number of piperazine rings is 1. The van der Waals surface area contributed by atoms with Gasteiger partial charge in [-0.1, -0.05) is 29.8 Å². The second-order valence-corrected chi connectivity index (χ2v) is 15.9. The smallest absolute Gasteiger partial charge is 0.317 e. The number of urea groups is 1. The van der Waals surface area contributed by atoms with Gasteiger partial charge in [-0.3, -0.25) is 29.3 Å². The fourth-order valence-corrected chi connectivity index (χ4v) is 7.81. The van der Waals surface area contributed by atoms with Crippen LogP contribution in [0.5, 0.6) is 0 Å². The Morgan fingerprint density at radius 1 is 0.848 bits per heavy atom. The molecule has 2 fully saturated rings. The predicted molar refractivity (Wildman–Crippen MR) is 247 cm³/mol. The van der Waals surface area contributed by atoms with Crippen molar-refractivity contribution in [2.45, 2.75) is 31.8 Å². The molecule has 2 saturated heterocycles. The van der Waals surface area contributed by atoms with Crippen LogP contribution in [0.25, 0.3) is 0 Å². The molecule has 0 radical (unpaired) electrons. The lowest BCUT2D eigenvalue weighted by atomic mass is 10.0. The van der Waals surface area contributed by atoms with Crippen molar-refractivity contribution >= 4 is 81.7 Å². The first kappa shape index (κ1) is 47.1. The summed E-state index contributed by atoms with van der Waals surface area (Å²) in [5.74, 6) is -0.910. The van der Waals surface area contributed by atoms with Crippen molar-refractivity contribution in [2.24, 2.45) is 0 Å². The normalized spacial score (nSPS) is 15.8. The number of carbonyl (C=O) groups is 6. The number of hydrogen-bond donors (Lipinski definition) is 7. The highest BCUT2D eigenvalue weighted by Gasteiger charge is 2.40. The zero-order valence-corrected chi connectivity index (χ0v) is 37.2. The molecule has 1 atom stereocenters. The molecule has 348 valence electrons. The Morgan fingerprint density at radius 3 is 2.35 bits per heavy atom. The summed E-state index contributed by atoms with van der Waals surface area (Å²) in [5, 5.41) is 20.5. The number of piperidine rings is 1. The predicted octanol–water partition coefficient (Wildman–Crippen LogP) is 3.22. The van der Waals surface area contributed by atoms with Crippen molar-refractivity contribution < 1.29 is 38.2 Å². The number of aromatic nitrogens is 2. The van der Waals surface area contributed by atoms with Gasteiger partial charge in [-0.15, -0.1) is 0 Å². The molecule has 0 spiro atoms. The van der Waals surface area contributed by atoms with Gasteiger partial charge in [0.15, 0.2) is 5.82 Å². The lowest BCUT2D eigenvalue weighted by molar-refractivity contribution is -0.137. The summed E-state index contributed by atoms with van der Waals surface area (Å²) < 4.78 is 11.2. The molecule has 0 bridgehead atoms. The maximum Gasteiger partial charge on any atom is 0.317 e. The number of benzene rings is 3. The second kappa shape index (κ2) is 22.8. The lowest BCUT2D eigenvalue weighted by Gasteiger charge is -2.36. The molecule has 0 saturated carbocycles. The number of para-hydroxylation sites is 1. The fourth-order valence-electron chi connectivity index (χ4n) is 7.67. The topological polar surface area (TPSA) is 241 Å². The third-order valence-corrected chi connectivity index (χ3v) is 11.4. The summed E-state index contributed by atoms with van der Waals surface area (Å²) in [7, 11) is 1.57. The van der Waals surface area contributed by atoms with Crippen molar-refractivity contribution in [3.05, 3.63) is 94.6 Å². The number of halogens is 1. The van der Waals surface area contributed by atoms with Crippen LogP contribution in [0.1, 0.15) is 45.5 Å². The SMILES string of the molecule is CNC(=O)c1ccccc1Nc1nc(Nc2ccc(N3CCN(C(=O)NCCOCCOCCNCCC(=O)Nc4cccc5c4CN(C4CCC(=O)NC4=O)C5=O)CC3)cc2)ncc1Cl. The highest BCUT2D eigenvalue weighted by Crippen LogP contribution is 2.33. The first-order chi connectivity index (χ1) is 32.1. The van der Waals surface area contributed by atoms with Crippen LogP contribution in [0.4, 0.5) is 39.3 Å². The van der Waals surface area contributed by atoms with Crippen molar-refractivity contribution in [1.82, 2.24) is 41.0 Å². The second-order valence-electron chi connectivity index (χ2n) is 15.5. The van der Waals surface area contributed by atoms with E-state index in [0.717, 1.165) is 11.4 Å². The van der Waals surface area contributed by atoms with Gasteiger partial charge < -0.3 is 56.1 Å². The van der Waals surface area contributed by atoms with Gasteiger partial charge in [-0.25, -0.2) is 9.78 Å². The molecule has 1 unspecified atom stereocenters. The molecular formula is C45H53ClN12O8. The molecule has 3 aliphatic heterocycles. The van der Waals surface area contributed by atoms with Crippen molar-refractivity contribution in [3.63, 3.8) is 0 Å². The number of nitrogens with zero attached hydrogens (tertiary/aromatic N) is 5. The number of ether oxygens (including phenoxy) is 2. The molecule has 0 aliphatic carbocycles. The number of anilines is 6. The first-order valence-corrected chi connectivity index (χ1v) is 22.1. The molecule has 3 aromatic carbocycles. The van der Waals surface area contributed by atoms with Gasteiger partial charge in [0.2, 0.25) is 23.7 Å². The fraction of sp³-hybridized carbons (Fsp3) is 0.378. The zero-order chi connectivity index (χ0) is 46.4. The largest absolute Gasteiger partial charge is 0.378 e. The van der Waals surface area contributed by atoms with Gasteiger partial charge in [0.25, 0.3) is 11.8 Å². The average molecular weight is 925 g/mol. The first-order valence-electron chi connectivity index (χ1n) is 21.8. The summed E-state index contributed by atoms with van der Waals surface area (Å²) in [6.07, 6.45) is 2.13. The van der Waals surface area contributed by atoms with E-state index in [-0.39, 0.29) is 55.5 Å². The summed E-state index contributed by atoms with van der Waals surface area (Å²) in [4.78, 5) is 89.1. The van der Waals surface area contributed by atoms with Crippen LogP contribution in [0.2, 0.25) is 5.02 Å². The zero-order valence-electron chi connectivity index (χ0n) is 36.5. The van der Waals surface area contributed by atoms with Gasteiger partial charge in [-0.05, 0) is 55.0 Å². The van der Waals surface area contributed by atoms with Crippen LogP contribution in [0.3, 0.4) is 0 Å². The number of hydrogen-bond acceptors (Lipinski definition) is 14. The Kier molecular flexibility index (Phi) is 16.3. The molecular weight excluding hydrogens is 872 g/mol. The van der Waals surface area contributed by atoms with Crippen molar-refractivity contribution in [1.29, 1.82) is 0 Å². The molecule has 3 aliphatic rings. The number of nitrogens with one attached hydrogen (secondary N) is 7. The van der Waals surface area contributed by atoms with Gasteiger partial charge in [0, 0.05) is 100 Å². The third-order valence-electron chi connectivity index (χ3n) is 11.2. The van der Waals surface area contributed by atoms with Crippen LogP contribution >= 0.6 is 11.6 Å². The summed E-state index contributed by atoms with van der Waals surface area (Å²) in [6.45, 7) is 5.53. The molecule has 21 heteroatoms. The number of imide groups is 1. The minimum absolute atomic E-state index is 0.137. The van der Waals surface area contributed by atoms with Crippen LogP contribution < -0.4 is 42.1 Å². The monoisotopic (exact) mass is 924 g/mol. The molecule has 4 heterocycles. The highest BCUT2D eigenvalue weighted by atomic mass is 35.5. The lowest BCUT2D eigenvalue weighted by Crippen LogP contribution is -2.52. The molecule has 7 N–H and O–H groups in total. The van der Waals surface area contributed by atoms with E-state index >= 15 is 0 Å². The van der Waals surface area contributed by atoms with Gasteiger partial charge in [0.05, 0.1) is 43.9 Å². The van der Waals surface area contributed by atoms with E-state index in [1.165, 1.54) is 11.1 Å². The van der Waals surface area contributed by atoms with Crippen LogP contribution in [0.15, 0.2) is 72.9 Å². The van der Waals surface area contributed by atoms with Crippen LogP contribution in [-0.2, 0) is 30.4 Å².